The van der Waals surface area contributed by atoms with E-state index in [9.17, 15) is 27.6 Å². The van der Waals surface area contributed by atoms with E-state index in [-0.39, 0.29) is 49.2 Å². The summed E-state index contributed by atoms with van der Waals surface area (Å²) < 4.78 is 68.6. The van der Waals surface area contributed by atoms with Crippen LogP contribution in [0.4, 0.5) is 23.2 Å². The molecule has 1 amide bonds. The molecule has 0 radical (unpaired) electrons. The molecule has 1 saturated heterocycles. The first-order valence-electron chi connectivity index (χ1n) is 13.0. The molecular formula is C28H27BrClF4N3O5. The van der Waals surface area contributed by atoms with Crippen molar-refractivity contribution in [1.29, 1.82) is 0 Å². The molecule has 14 heteroatoms. The zero-order valence-corrected chi connectivity index (χ0v) is 25.0. The van der Waals surface area contributed by atoms with Gasteiger partial charge in [0.1, 0.15) is 17.8 Å². The fraction of sp³-hybridized carbons (Fsp3) is 0.393. The van der Waals surface area contributed by atoms with Crippen LogP contribution in [-0.4, -0.2) is 49.4 Å². The summed E-state index contributed by atoms with van der Waals surface area (Å²) in [4.78, 5) is 40.2. The van der Waals surface area contributed by atoms with Crippen LogP contribution in [-0.2, 0) is 22.6 Å². The lowest BCUT2D eigenvalue weighted by Crippen LogP contribution is -2.38. The second kappa shape index (κ2) is 12.9. The largest absolute Gasteiger partial charge is 0.492 e. The van der Waals surface area contributed by atoms with Gasteiger partial charge in [0.2, 0.25) is 5.43 Å². The van der Waals surface area contributed by atoms with Crippen LogP contribution in [0.2, 0.25) is 5.02 Å². The van der Waals surface area contributed by atoms with E-state index in [1.54, 1.807) is 30.0 Å². The predicted molar refractivity (Wildman–Crippen MR) is 153 cm³/mol. The molecule has 1 aliphatic heterocycles. The van der Waals surface area contributed by atoms with Gasteiger partial charge in [0, 0.05) is 35.3 Å². The molecule has 2 aromatic carbocycles. The molecule has 226 valence electrons. The van der Waals surface area contributed by atoms with Crippen LogP contribution >= 0.6 is 27.5 Å². The molecule has 0 spiro atoms. The number of pyridine rings is 1. The Labute approximate surface area is 251 Å². The number of ether oxygens (including phenoxy) is 2. The standard InChI is InChI=1S/C28H27BrClF4N3O5/c1-3-42-27(40)15-6-8-36(9-7-15)23-21(31)11-18-22(25(23)41-2)37(14-28(32,33)34)13-19(24(18)38)26(39)35-12-16-4-5-17(30)10-20(16)29/h4-5,10-11,13,15H,3,6-9,12,14H2,1-2H3,(H,35,39). The number of amides is 1. The Bertz CT molecular complexity index is 1570. The molecule has 1 fully saturated rings. The lowest BCUT2D eigenvalue weighted by Gasteiger charge is -2.34. The van der Waals surface area contributed by atoms with Crippen molar-refractivity contribution in [2.75, 3.05) is 31.7 Å². The summed E-state index contributed by atoms with van der Waals surface area (Å²) in [5.41, 5.74) is -1.39. The average molecular weight is 677 g/mol. The minimum Gasteiger partial charge on any atom is -0.492 e. The van der Waals surface area contributed by atoms with Crippen molar-refractivity contribution in [3.63, 3.8) is 0 Å². The van der Waals surface area contributed by atoms with Gasteiger partial charge in [-0.3, -0.25) is 14.4 Å². The van der Waals surface area contributed by atoms with Crippen molar-refractivity contribution in [2.24, 2.45) is 5.92 Å². The second-order valence-electron chi connectivity index (χ2n) is 9.68. The van der Waals surface area contributed by atoms with Crippen LogP contribution in [0.1, 0.15) is 35.7 Å². The Morgan fingerprint density at radius 1 is 1.19 bits per heavy atom. The molecule has 1 N–H and O–H groups in total. The summed E-state index contributed by atoms with van der Waals surface area (Å²) in [6.45, 7) is 0.683. The maximum absolute atomic E-state index is 15.7. The van der Waals surface area contributed by atoms with Gasteiger partial charge in [-0.05, 0) is 43.5 Å². The highest BCUT2D eigenvalue weighted by Gasteiger charge is 2.34. The first kappa shape index (κ1) is 31.6. The van der Waals surface area contributed by atoms with E-state index in [1.165, 1.54) is 0 Å². The second-order valence-corrected chi connectivity index (χ2v) is 11.0. The number of methoxy groups -OCH3 is 1. The summed E-state index contributed by atoms with van der Waals surface area (Å²) in [6.07, 6.45) is -3.28. The Balaban J connectivity index is 1.76. The van der Waals surface area contributed by atoms with Crippen molar-refractivity contribution in [3.05, 3.63) is 67.1 Å². The molecule has 0 saturated carbocycles. The van der Waals surface area contributed by atoms with Crippen LogP contribution in [0.5, 0.6) is 5.75 Å². The third-order valence-corrected chi connectivity index (χ3v) is 7.90. The number of alkyl halides is 3. The number of hydrogen-bond acceptors (Lipinski definition) is 6. The highest BCUT2D eigenvalue weighted by molar-refractivity contribution is 9.10. The summed E-state index contributed by atoms with van der Waals surface area (Å²) in [6, 6.07) is 5.65. The first-order valence-corrected chi connectivity index (χ1v) is 14.2. The minimum absolute atomic E-state index is 0.0638. The quantitative estimate of drug-likeness (QED) is 0.239. The lowest BCUT2D eigenvalue weighted by molar-refractivity contribution is -0.148. The van der Waals surface area contributed by atoms with Gasteiger partial charge < -0.3 is 24.3 Å². The van der Waals surface area contributed by atoms with Gasteiger partial charge in [-0.25, -0.2) is 4.39 Å². The number of rotatable bonds is 8. The SMILES string of the molecule is CCOC(=O)C1CCN(c2c(F)cc3c(=O)c(C(=O)NCc4ccc(Cl)cc4Br)cn(CC(F)(F)F)c3c2OC)CC1. The number of aromatic nitrogens is 1. The van der Waals surface area contributed by atoms with E-state index >= 15 is 4.39 Å². The number of fused-ring (bicyclic) bond motifs is 1. The topological polar surface area (TPSA) is 89.9 Å². The van der Waals surface area contributed by atoms with Crippen molar-refractivity contribution < 1.29 is 36.6 Å². The number of nitrogens with zero attached hydrogens (tertiary/aromatic N) is 2. The van der Waals surface area contributed by atoms with Gasteiger partial charge in [0.05, 0.1) is 30.5 Å². The van der Waals surface area contributed by atoms with Crippen LogP contribution in [0.15, 0.2) is 39.7 Å². The third-order valence-electron chi connectivity index (χ3n) is 6.93. The smallest absolute Gasteiger partial charge is 0.406 e. The molecule has 0 aliphatic carbocycles. The zero-order chi connectivity index (χ0) is 30.8. The predicted octanol–water partition coefficient (Wildman–Crippen LogP) is 5.84. The number of nitrogens with one attached hydrogen (secondary N) is 1. The van der Waals surface area contributed by atoms with Crippen molar-refractivity contribution >= 4 is 56.0 Å². The Hall–Kier alpha value is -3.32. The van der Waals surface area contributed by atoms with E-state index in [2.05, 4.69) is 21.2 Å². The average Bonchev–Trinajstić information content (AvgIpc) is 2.92. The fourth-order valence-electron chi connectivity index (χ4n) is 4.99. The highest BCUT2D eigenvalue weighted by atomic mass is 79.9. The highest BCUT2D eigenvalue weighted by Crippen LogP contribution is 2.40. The first-order chi connectivity index (χ1) is 19.8. The summed E-state index contributed by atoms with van der Waals surface area (Å²) in [5, 5.41) is 2.52. The van der Waals surface area contributed by atoms with Gasteiger partial charge >= 0.3 is 12.1 Å². The molecule has 4 rings (SSSR count). The van der Waals surface area contributed by atoms with E-state index in [1.807, 2.05) is 0 Å². The van der Waals surface area contributed by atoms with Gasteiger partial charge in [-0.1, -0.05) is 33.6 Å². The molecule has 2 heterocycles. The normalized spacial score (nSPS) is 14.2. The lowest BCUT2D eigenvalue weighted by atomic mass is 9.96. The molecule has 0 bridgehead atoms. The van der Waals surface area contributed by atoms with E-state index in [0.29, 0.717) is 32.5 Å². The minimum atomic E-state index is -4.75. The monoisotopic (exact) mass is 675 g/mol. The third kappa shape index (κ3) is 6.83. The molecule has 0 atom stereocenters. The molecule has 1 aromatic heterocycles. The maximum atomic E-state index is 15.7. The number of piperidine rings is 1. The van der Waals surface area contributed by atoms with Crippen LogP contribution in [0, 0.1) is 11.7 Å². The summed E-state index contributed by atoms with van der Waals surface area (Å²) >= 11 is 9.25. The molecule has 1 aliphatic rings. The molecule has 8 nitrogen and oxygen atoms in total. The van der Waals surface area contributed by atoms with Crippen molar-refractivity contribution in [1.82, 2.24) is 9.88 Å². The van der Waals surface area contributed by atoms with Gasteiger partial charge in [0.25, 0.3) is 5.91 Å². The number of halogens is 6. The molecule has 0 unspecified atom stereocenters. The fourth-order valence-corrected chi connectivity index (χ4v) is 5.81. The van der Waals surface area contributed by atoms with Gasteiger partial charge in [-0.2, -0.15) is 13.2 Å². The van der Waals surface area contributed by atoms with Crippen LogP contribution in [0.25, 0.3) is 10.9 Å². The van der Waals surface area contributed by atoms with Crippen LogP contribution in [0.3, 0.4) is 0 Å². The van der Waals surface area contributed by atoms with Crippen LogP contribution < -0.4 is 20.4 Å². The molecule has 3 aromatic rings. The number of anilines is 1. The Morgan fingerprint density at radius 3 is 2.48 bits per heavy atom. The Kier molecular flexibility index (Phi) is 9.71. The maximum Gasteiger partial charge on any atom is 0.406 e. The number of carbonyl (C=O) groups excluding carboxylic acids is 2. The molecular weight excluding hydrogens is 650 g/mol. The number of hydrogen-bond donors (Lipinski definition) is 1. The van der Waals surface area contributed by atoms with Crippen molar-refractivity contribution in [2.45, 2.75) is 39.0 Å². The number of carbonyl (C=O) groups is 2. The van der Waals surface area contributed by atoms with E-state index in [0.717, 1.165) is 19.4 Å². The zero-order valence-electron chi connectivity index (χ0n) is 22.6. The van der Waals surface area contributed by atoms with Gasteiger partial charge in [0.15, 0.2) is 11.6 Å². The summed E-state index contributed by atoms with van der Waals surface area (Å²) in [5.74, 6) is -2.89. The van der Waals surface area contributed by atoms with E-state index in [4.69, 9.17) is 21.1 Å². The van der Waals surface area contributed by atoms with Crippen molar-refractivity contribution in [3.8, 4) is 5.75 Å². The number of benzene rings is 2. The van der Waals surface area contributed by atoms with Gasteiger partial charge in [-0.15, -0.1) is 0 Å². The summed E-state index contributed by atoms with van der Waals surface area (Å²) in [7, 11) is 1.16. The number of esters is 1. The Morgan fingerprint density at radius 2 is 1.88 bits per heavy atom. The molecule has 42 heavy (non-hydrogen) atoms. The van der Waals surface area contributed by atoms with E-state index < -0.39 is 46.7 Å².